The molecule has 0 atom stereocenters. The Balaban J connectivity index is 2.15. The molecule has 0 bridgehead atoms. The third-order valence-corrected chi connectivity index (χ3v) is 3.21. The minimum atomic E-state index is 0.805. The second kappa shape index (κ2) is 6.14. The van der Waals surface area contributed by atoms with E-state index >= 15 is 0 Å². The van der Waals surface area contributed by atoms with Crippen LogP contribution in [-0.4, -0.2) is 30.1 Å². The molecule has 0 spiro atoms. The Hall–Kier alpha value is -1.16. The van der Waals surface area contributed by atoms with Gasteiger partial charge in [0.05, 0.1) is 5.69 Å². The highest BCUT2D eigenvalue weighted by Gasteiger charge is 2.25. The zero-order chi connectivity index (χ0) is 13.0. The van der Waals surface area contributed by atoms with E-state index in [0.29, 0.717) is 0 Å². The number of hydrogen-bond donors (Lipinski definition) is 1. The van der Waals surface area contributed by atoms with Gasteiger partial charge >= 0.3 is 0 Å². The summed E-state index contributed by atoms with van der Waals surface area (Å²) in [5, 5.41) is 3.15. The number of hydrogen-bond acceptors (Lipinski definition) is 4. The molecular formula is C14H24N4. The van der Waals surface area contributed by atoms with E-state index in [1.54, 1.807) is 0 Å². The Morgan fingerprint density at radius 1 is 1.39 bits per heavy atom. The first-order valence-corrected chi connectivity index (χ1v) is 6.97. The van der Waals surface area contributed by atoms with E-state index in [1.165, 1.54) is 12.8 Å². The maximum absolute atomic E-state index is 4.68. The van der Waals surface area contributed by atoms with E-state index in [-0.39, 0.29) is 0 Å². The molecule has 18 heavy (non-hydrogen) atoms. The fourth-order valence-corrected chi connectivity index (χ4v) is 2.18. The van der Waals surface area contributed by atoms with Crippen molar-refractivity contribution in [2.75, 3.05) is 25.0 Å². The zero-order valence-electron chi connectivity index (χ0n) is 11.7. The molecule has 0 saturated heterocycles. The van der Waals surface area contributed by atoms with Crippen LogP contribution in [0.2, 0.25) is 0 Å². The number of anilines is 1. The summed E-state index contributed by atoms with van der Waals surface area (Å²) in [6, 6.07) is 2.06. The van der Waals surface area contributed by atoms with Crippen LogP contribution in [0.5, 0.6) is 0 Å². The fourth-order valence-electron chi connectivity index (χ4n) is 2.18. The van der Waals surface area contributed by atoms with Crippen molar-refractivity contribution in [3.8, 4) is 0 Å². The standard InChI is InChI=1S/C14H24N4/c1-4-7-18(10-12-5-6-12)14-16-11(2)8-13(17-14)9-15-3/h8,12,15H,4-7,9-10H2,1-3H3. The molecule has 1 saturated carbocycles. The number of nitrogens with one attached hydrogen (secondary N) is 1. The van der Waals surface area contributed by atoms with Gasteiger partial charge in [0, 0.05) is 25.3 Å². The Labute approximate surface area is 110 Å². The van der Waals surface area contributed by atoms with Gasteiger partial charge in [0.2, 0.25) is 5.95 Å². The lowest BCUT2D eigenvalue weighted by Crippen LogP contribution is -2.29. The summed E-state index contributed by atoms with van der Waals surface area (Å²) >= 11 is 0. The Morgan fingerprint density at radius 3 is 2.78 bits per heavy atom. The lowest BCUT2D eigenvalue weighted by molar-refractivity contribution is 0.679. The number of aromatic nitrogens is 2. The van der Waals surface area contributed by atoms with Crippen LogP contribution in [0, 0.1) is 12.8 Å². The van der Waals surface area contributed by atoms with E-state index in [0.717, 1.165) is 49.3 Å². The summed E-state index contributed by atoms with van der Waals surface area (Å²) in [5.74, 6) is 1.78. The highest BCUT2D eigenvalue weighted by molar-refractivity contribution is 5.32. The maximum atomic E-state index is 4.68. The average Bonchev–Trinajstić information content (AvgIpc) is 3.12. The zero-order valence-corrected chi connectivity index (χ0v) is 11.7. The number of nitrogens with zero attached hydrogens (tertiary/aromatic N) is 3. The molecule has 2 rings (SSSR count). The molecule has 1 aromatic heterocycles. The highest BCUT2D eigenvalue weighted by atomic mass is 15.3. The van der Waals surface area contributed by atoms with Gasteiger partial charge < -0.3 is 10.2 Å². The molecule has 4 heteroatoms. The van der Waals surface area contributed by atoms with Crippen molar-refractivity contribution < 1.29 is 0 Å². The first-order chi connectivity index (χ1) is 8.72. The molecule has 0 radical (unpaired) electrons. The molecule has 0 unspecified atom stereocenters. The second-order valence-corrected chi connectivity index (χ2v) is 5.22. The van der Waals surface area contributed by atoms with Gasteiger partial charge in [-0.25, -0.2) is 9.97 Å². The lowest BCUT2D eigenvalue weighted by Gasteiger charge is -2.22. The van der Waals surface area contributed by atoms with Crippen molar-refractivity contribution in [1.82, 2.24) is 15.3 Å². The normalized spacial score (nSPS) is 14.8. The van der Waals surface area contributed by atoms with Crippen LogP contribution in [0.25, 0.3) is 0 Å². The third kappa shape index (κ3) is 3.67. The Kier molecular flexibility index (Phi) is 4.53. The molecule has 0 aromatic carbocycles. The minimum Gasteiger partial charge on any atom is -0.341 e. The molecule has 1 aromatic rings. The largest absolute Gasteiger partial charge is 0.341 e. The molecule has 0 aliphatic heterocycles. The van der Waals surface area contributed by atoms with Crippen LogP contribution in [0.4, 0.5) is 5.95 Å². The summed E-state index contributed by atoms with van der Waals surface area (Å²) in [4.78, 5) is 11.6. The molecule has 1 heterocycles. The van der Waals surface area contributed by atoms with Crippen molar-refractivity contribution in [3.63, 3.8) is 0 Å². The minimum absolute atomic E-state index is 0.805. The van der Waals surface area contributed by atoms with Crippen LogP contribution in [0.1, 0.15) is 37.6 Å². The van der Waals surface area contributed by atoms with Crippen molar-refractivity contribution in [3.05, 3.63) is 17.5 Å². The first kappa shape index (κ1) is 13.3. The number of rotatable bonds is 7. The number of aryl methyl sites for hydroxylation is 1. The molecular weight excluding hydrogens is 224 g/mol. The maximum Gasteiger partial charge on any atom is 0.225 e. The van der Waals surface area contributed by atoms with E-state index in [9.17, 15) is 0 Å². The van der Waals surface area contributed by atoms with Gasteiger partial charge in [-0.1, -0.05) is 6.92 Å². The van der Waals surface area contributed by atoms with Gasteiger partial charge in [0.25, 0.3) is 0 Å². The molecule has 1 aliphatic carbocycles. The van der Waals surface area contributed by atoms with Gasteiger partial charge in [-0.3, -0.25) is 0 Å². The smallest absolute Gasteiger partial charge is 0.225 e. The molecule has 1 aliphatic rings. The van der Waals surface area contributed by atoms with Crippen molar-refractivity contribution in [2.24, 2.45) is 5.92 Å². The van der Waals surface area contributed by atoms with Crippen LogP contribution < -0.4 is 10.2 Å². The average molecular weight is 248 g/mol. The summed E-state index contributed by atoms with van der Waals surface area (Å²) in [7, 11) is 1.95. The van der Waals surface area contributed by atoms with Crippen molar-refractivity contribution in [2.45, 2.75) is 39.7 Å². The lowest BCUT2D eigenvalue weighted by atomic mass is 10.3. The van der Waals surface area contributed by atoms with Crippen LogP contribution in [-0.2, 0) is 6.54 Å². The van der Waals surface area contributed by atoms with Crippen LogP contribution in [0.15, 0.2) is 6.07 Å². The topological polar surface area (TPSA) is 41.1 Å². The Bertz CT molecular complexity index is 387. The Morgan fingerprint density at radius 2 is 2.17 bits per heavy atom. The monoisotopic (exact) mass is 248 g/mol. The summed E-state index contributed by atoms with van der Waals surface area (Å²) < 4.78 is 0. The van der Waals surface area contributed by atoms with E-state index in [1.807, 2.05) is 14.0 Å². The van der Waals surface area contributed by atoms with Crippen molar-refractivity contribution in [1.29, 1.82) is 0 Å². The molecule has 1 N–H and O–H groups in total. The first-order valence-electron chi connectivity index (χ1n) is 6.97. The summed E-state index contributed by atoms with van der Waals surface area (Å²) in [6.07, 6.45) is 3.89. The highest BCUT2D eigenvalue weighted by Crippen LogP contribution is 2.30. The van der Waals surface area contributed by atoms with Gasteiger partial charge in [-0.2, -0.15) is 0 Å². The van der Waals surface area contributed by atoms with E-state index in [2.05, 4.69) is 33.2 Å². The van der Waals surface area contributed by atoms with Gasteiger partial charge in [0.15, 0.2) is 0 Å². The van der Waals surface area contributed by atoms with E-state index < -0.39 is 0 Å². The van der Waals surface area contributed by atoms with Gasteiger partial charge in [-0.05, 0) is 45.2 Å². The van der Waals surface area contributed by atoms with Crippen LogP contribution >= 0.6 is 0 Å². The van der Waals surface area contributed by atoms with Gasteiger partial charge in [0.1, 0.15) is 0 Å². The SMILES string of the molecule is CCCN(CC1CC1)c1nc(C)cc(CNC)n1. The third-order valence-electron chi connectivity index (χ3n) is 3.21. The predicted octanol–water partition coefficient (Wildman–Crippen LogP) is 2.13. The van der Waals surface area contributed by atoms with Crippen molar-refractivity contribution >= 4 is 5.95 Å². The summed E-state index contributed by atoms with van der Waals surface area (Å²) in [5.41, 5.74) is 2.14. The molecule has 1 fully saturated rings. The second-order valence-electron chi connectivity index (χ2n) is 5.22. The van der Waals surface area contributed by atoms with Gasteiger partial charge in [-0.15, -0.1) is 0 Å². The summed E-state index contributed by atoms with van der Waals surface area (Å²) in [6.45, 7) is 7.24. The quantitative estimate of drug-likeness (QED) is 0.802. The van der Waals surface area contributed by atoms with Crippen LogP contribution in [0.3, 0.4) is 0 Å². The van der Waals surface area contributed by atoms with E-state index in [4.69, 9.17) is 0 Å². The molecule has 100 valence electrons. The molecule has 4 nitrogen and oxygen atoms in total. The predicted molar refractivity (Wildman–Crippen MR) is 74.8 cm³/mol. The fraction of sp³-hybridized carbons (Fsp3) is 0.714. The molecule has 0 amide bonds.